The molecule has 0 radical (unpaired) electrons. The van der Waals surface area contributed by atoms with Gasteiger partial charge in [-0.25, -0.2) is 19.8 Å². The van der Waals surface area contributed by atoms with Crippen LogP contribution in [0.4, 0.5) is 14.5 Å². The number of amides is 1. The van der Waals surface area contributed by atoms with Crippen LogP contribution in [0.25, 0.3) is 0 Å². The van der Waals surface area contributed by atoms with Crippen molar-refractivity contribution in [1.82, 2.24) is 20.7 Å². The molecule has 0 aromatic carbocycles. The van der Waals surface area contributed by atoms with E-state index in [-0.39, 0.29) is 18.4 Å². The van der Waals surface area contributed by atoms with E-state index in [1.165, 1.54) is 12.3 Å². The van der Waals surface area contributed by atoms with E-state index in [0.29, 0.717) is 31.5 Å². The van der Waals surface area contributed by atoms with Gasteiger partial charge in [-0.3, -0.25) is 4.79 Å². The van der Waals surface area contributed by atoms with Gasteiger partial charge in [-0.1, -0.05) is 12.8 Å². The molecular formula is C19H24F2N6O. The molecule has 1 saturated carbocycles. The molecule has 3 N–H and O–H groups in total. The van der Waals surface area contributed by atoms with E-state index in [4.69, 9.17) is 0 Å². The molecule has 3 unspecified atom stereocenters. The van der Waals surface area contributed by atoms with E-state index >= 15 is 4.39 Å². The lowest BCUT2D eigenvalue weighted by atomic mass is 9.76. The first-order chi connectivity index (χ1) is 13.5. The maximum absolute atomic E-state index is 15.2. The predicted octanol–water partition coefficient (Wildman–Crippen LogP) is 1.85. The quantitative estimate of drug-likeness (QED) is 0.680. The second-order valence-corrected chi connectivity index (χ2v) is 7.81. The minimum absolute atomic E-state index is 0.0581. The van der Waals surface area contributed by atoms with Crippen LogP contribution in [0.5, 0.6) is 0 Å². The van der Waals surface area contributed by atoms with Crippen molar-refractivity contribution in [2.24, 2.45) is 5.92 Å². The Balaban J connectivity index is 1.66. The summed E-state index contributed by atoms with van der Waals surface area (Å²) < 4.78 is 28.7. The molecule has 7 nitrogen and oxygen atoms in total. The Morgan fingerprint density at radius 3 is 3.04 bits per heavy atom. The molecule has 28 heavy (non-hydrogen) atoms. The number of rotatable bonds is 4. The molecule has 1 aromatic heterocycles. The summed E-state index contributed by atoms with van der Waals surface area (Å²) in [4.78, 5) is 16.2. The van der Waals surface area contributed by atoms with Crippen molar-refractivity contribution in [2.75, 3.05) is 11.9 Å². The van der Waals surface area contributed by atoms with Crippen molar-refractivity contribution in [3.05, 3.63) is 24.3 Å². The van der Waals surface area contributed by atoms with Crippen LogP contribution in [0.2, 0.25) is 0 Å². The van der Waals surface area contributed by atoms with Crippen LogP contribution in [0.1, 0.15) is 38.5 Å². The van der Waals surface area contributed by atoms with Crippen molar-refractivity contribution in [2.45, 2.75) is 62.4 Å². The number of hydrogen-bond acceptors (Lipinski definition) is 6. The number of fused-ring (bicyclic) bond motifs is 1. The van der Waals surface area contributed by atoms with Gasteiger partial charge < -0.3 is 10.6 Å². The van der Waals surface area contributed by atoms with E-state index in [0.717, 1.165) is 12.8 Å². The van der Waals surface area contributed by atoms with Crippen molar-refractivity contribution >= 4 is 11.6 Å². The Labute approximate surface area is 162 Å². The number of nitrogens with one attached hydrogen (secondary N) is 3. The number of aromatic nitrogens is 1. The normalized spacial score (nSPS) is 35.7. The largest absolute Gasteiger partial charge is 0.368 e. The second-order valence-electron chi connectivity index (χ2n) is 7.81. The number of carbonyl (C=O) groups excluding carboxylic acids is 1. The molecule has 0 spiro atoms. The van der Waals surface area contributed by atoms with Gasteiger partial charge in [0.15, 0.2) is 0 Å². The third-order valence-electron chi connectivity index (χ3n) is 6.24. The van der Waals surface area contributed by atoms with Gasteiger partial charge in [-0.05, 0) is 25.3 Å². The number of piperidine rings is 1. The number of anilines is 1. The molecule has 3 aliphatic rings. The van der Waals surface area contributed by atoms with Crippen LogP contribution in [0.3, 0.4) is 0 Å². The Morgan fingerprint density at radius 1 is 1.43 bits per heavy atom. The molecule has 2 saturated heterocycles. The summed E-state index contributed by atoms with van der Waals surface area (Å²) in [6.07, 6.45) is 3.01. The first-order valence-corrected chi connectivity index (χ1v) is 9.77. The third kappa shape index (κ3) is 3.20. The maximum atomic E-state index is 15.2. The summed E-state index contributed by atoms with van der Waals surface area (Å²) >= 11 is 0. The number of nitrogens with zero attached hydrogens (tertiary/aromatic N) is 3. The van der Waals surface area contributed by atoms with Crippen LogP contribution in [0, 0.1) is 23.2 Å². The standard InChI is InChI=1S/C19H24F2N6O/c20-14-3-1-2-6-19(14,7-8-22)27-13-5-10-24-18(28)16(13)17(26-27)25-12-4-9-23-15(21)11-12/h4,9,11,13-14,16-17,26H,1-3,5-7,10H2,(H,23,25)(H,24,28)/t13?,14-,16?,17?,19-/m1/s1. The minimum atomic E-state index is -1.14. The third-order valence-corrected chi connectivity index (χ3v) is 6.24. The number of hydrogen-bond donors (Lipinski definition) is 3. The van der Waals surface area contributed by atoms with Crippen LogP contribution >= 0.6 is 0 Å². The molecule has 4 rings (SSSR count). The van der Waals surface area contributed by atoms with Gasteiger partial charge in [0.1, 0.15) is 12.3 Å². The molecule has 1 amide bonds. The van der Waals surface area contributed by atoms with Crippen LogP contribution < -0.4 is 16.1 Å². The van der Waals surface area contributed by atoms with Crippen LogP contribution in [-0.4, -0.2) is 46.4 Å². The molecule has 5 atom stereocenters. The minimum Gasteiger partial charge on any atom is -0.368 e. The molecule has 150 valence electrons. The zero-order valence-corrected chi connectivity index (χ0v) is 15.5. The molecule has 3 heterocycles. The number of pyridine rings is 1. The van der Waals surface area contributed by atoms with Gasteiger partial charge in [0, 0.05) is 30.5 Å². The molecule has 1 aromatic rings. The number of halogens is 2. The van der Waals surface area contributed by atoms with E-state index in [2.05, 4.69) is 27.1 Å². The van der Waals surface area contributed by atoms with E-state index < -0.39 is 29.7 Å². The summed E-state index contributed by atoms with van der Waals surface area (Å²) in [6.45, 7) is 0.508. The van der Waals surface area contributed by atoms with Crippen LogP contribution in [-0.2, 0) is 4.79 Å². The Hall–Kier alpha value is -2.31. The van der Waals surface area contributed by atoms with Crippen molar-refractivity contribution in [1.29, 1.82) is 5.26 Å². The van der Waals surface area contributed by atoms with Crippen molar-refractivity contribution in [3.63, 3.8) is 0 Å². The molecule has 1 aliphatic carbocycles. The number of nitriles is 1. The van der Waals surface area contributed by atoms with Gasteiger partial charge in [0.2, 0.25) is 11.9 Å². The lowest BCUT2D eigenvalue weighted by molar-refractivity contribution is -0.129. The first-order valence-electron chi connectivity index (χ1n) is 9.77. The van der Waals surface area contributed by atoms with Gasteiger partial charge in [-0.2, -0.15) is 9.65 Å². The molecule has 3 fully saturated rings. The fourth-order valence-electron chi connectivity index (χ4n) is 4.93. The van der Waals surface area contributed by atoms with E-state index in [1.807, 2.05) is 5.01 Å². The number of carbonyl (C=O) groups is 1. The van der Waals surface area contributed by atoms with Gasteiger partial charge >= 0.3 is 0 Å². The van der Waals surface area contributed by atoms with Crippen LogP contribution in [0.15, 0.2) is 18.3 Å². The highest BCUT2D eigenvalue weighted by atomic mass is 19.1. The summed E-state index contributed by atoms with van der Waals surface area (Å²) in [5.41, 5.74) is 2.82. The zero-order chi connectivity index (χ0) is 19.7. The highest BCUT2D eigenvalue weighted by Gasteiger charge is 2.57. The van der Waals surface area contributed by atoms with E-state index in [9.17, 15) is 14.4 Å². The van der Waals surface area contributed by atoms with Crippen molar-refractivity contribution in [3.8, 4) is 6.07 Å². The lowest BCUT2D eigenvalue weighted by Gasteiger charge is -2.48. The Kier molecular flexibility index (Phi) is 5.17. The van der Waals surface area contributed by atoms with Gasteiger partial charge in [0.05, 0.1) is 23.9 Å². The predicted molar refractivity (Wildman–Crippen MR) is 97.8 cm³/mol. The molecule has 2 aliphatic heterocycles. The topological polar surface area (TPSA) is 93.1 Å². The highest BCUT2D eigenvalue weighted by Crippen LogP contribution is 2.43. The lowest BCUT2D eigenvalue weighted by Crippen LogP contribution is -2.63. The maximum Gasteiger partial charge on any atom is 0.228 e. The SMILES string of the molecule is N#CC[C@]1(N2NC(Nc3ccnc(F)c3)C3C(=O)NCCC32)CCCC[C@H]1F. The van der Waals surface area contributed by atoms with Crippen molar-refractivity contribution < 1.29 is 13.6 Å². The smallest absolute Gasteiger partial charge is 0.228 e. The fourth-order valence-corrected chi connectivity index (χ4v) is 4.93. The summed E-state index contributed by atoms with van der Waals surface area (Å²) in [5, 5.41) is 17.3. The monoisotopic (exact) mass is 390 g/mol. The average Bonchev–Trinajstić information content (AvgIpc) is 3.04. The number of hydrazine groups is 1. The molecule has 0 bridgehead atoms. The summed E-state index contributed by atoms with van der Waals surface area (Å²) in [6, 6.07) is 4.80. The van der Waals surface area contributed by atoms with E-state index in [1.54, 1.807) is 6.07 Å². The zero-order valence-electron chi connectivity index (χ0n) is 15.5. The first kappa shape index (κ1) is 19.0. The summed E-state index contributed by atoms with van der Waals surface area (Å²) in [7, 11) is 0. The molecule has 9 heteroatoms. The Bertz CT molecular complexity index is 786. The fraction of sp³-hybridized carbons (Fsp3) is 0.632. The van der Waals surface area contributed by atoms with Gasteiger partial charge in [-0.15, -0.1) is 0 Å². The second kappa shape index (κ2) is 7.60. The number of alkyl halides is 1. The highest BCUT2D eigenvalue weighted by molar-refractivity contribution is 5.82. The average molecular weight is 390 g/mol. The summed E-state index contributed by atoms with van der Waals surface area (Å²) in [5.74, 6) is -1.23. The van der Waals surface area contributed by atoms with Gasteiger partial charge in [0.25, 0.3) is 0 Å². The Morgan fingerprint density at radius 2 is 2.29 bits per heavy atom. The molecular weight excluding hydrogens is 366 g/mol.